The summed E-state index contributed by atoms with van der Waals surface area (Å²) < 4.78 is 109. The number of hydrogen-bond acceptors (Lipinski definition) is 8. The molecule has 0 saturated carbocycles. The number of nitrogens with one attached hydrogen (secondary N) is 3. The van der Waals surface area contributed by atoms with Crippen molar-refractivity contribution >= 4 is 23.6 Å². The van der Waals surface area contributed by atoms with Crippen molar-refractivity contribution in [2.75, 3.05) is 5.32 Å². The zero-order chi connectivity index (χ0) is 41.0. The Morgan fingerprint density at radius 1 is 0.855 bits per heavy atom. The molecule has 1 heterocycles. The quantitative estimate of drug-likeness (QED) is 0.0752. The second-order valence-electron chi connectivity index (χ2n) is 13.0. The highest BCUT2D eigenvalue weighted by molar-refractivity contribution is 6.02. The van der Waals surface area contributed by atoms with Crippen LogP contribution in [0.25, 0.3) is 0 Å². The fraction of sp³-hybridized carbons (Fsp3) is 0.368. The van der Waals surface area contributed by atoms with Crippen molar-refractivity contribution in [2.24, 2.45) is 0 Å². The molecule has 17 heteroatoms. The average molecular weight is 781 g/mol. The van der Waals surface area contributed by atoms with Gasteiger partial charge in [0.05, 0.1) is 25.0 Å². The van der Waals surface area contributed by atoms with Crippen molar-refractivity contribution in [2.45, 2.75) is 89.5 Å². The first kappa shape index (κ1) is 44.0. The molecule has 55 heavy (non-hydrogen) atoms. The van der Waals surface area contributed by atoms with Crippen LogP contribution in [-0.4, -0.2) is 52.5 Å². The summed E-state index contributed by atoms with van der Waals surface area (Å²) >= 11 is 0. The van der Waals surface area contributed by atoms with Crippen LogP contribution in [0.3, 0.4) is 0 Å². The maximum atomic E-state index is 14.5. The topological polar surface area (TPSA) is 137 Å². The van der Waals surface area contributed by atoms with Crippen LogP contribution in [0.5, 0.6) is 5.88 Å². The summed E-state index contributed by atoms with van der Waals surface area (Å²) in [6, 6.07) is 16.8. The van der Waals surface area contributed by atoms with E-state index in [0.717, 1.165) is 11.6 Å². The van der Waals surface area contributed by atoms with E-state index in [1.807, 2.05) is 5.32 Å². The fourth-order valence-corrected chi connectivity index (χ4v) is 4.86. The highest BCUT2D eigenvalue weighted by Gasteiger charge is 2.61. The molecule has 0 aliphatic carbocycles. The number of pyridine rings is 1. The van der Waals surface area contributed by atoms with Gasteiger partial charge in [0.25, 0.3) is 11.8 Å². The van der Waals surface area contributed by atoms with Crippen LogP contribution < -0.4 is 20.9 Å². The second kappa shape index (κ2) is 18.8. The Labute approximate surface area is 314 Å². The number of rotatable bonds is 16. The number of nitrogens with zero attached hydrogens (tertiary/aromatic N) is 1. The number of alkyl halides is 6. The number of carbonyl (C=O) groups excluding carboxylic acids is 3. The number of benzene rings is 2. The molecular formula is C38H42F6N4O7. The average Bonchev–Trinajstić information content (AvgIpc) is 3.10. The van der Waals surface area contributed by atoms with E-state index < -0.39 is 89.5 Å². The van der Waals surface area contributed by atoms with Crippen LogP contribution in [0, 0.1) is 0 Å². The normalized spacial score (nSPS) is 14.1. The molecule has 0 aliphatic heterocycles. The smallest absolute Gasteiger partial charge is 0.427 e. The van der Waals surface area contributed by atoms with Gasteiger partial charge in [-0.15, -0.1) is 13.2 Å². The summed E-state index contributed by atoms with van der Waals surface area (Å²) in [5.41, 5.74) is -3.75. The van der Waals surface area contributed by atoms with E-state index in [1.54, 1.807) is 47.2 Å². The monoisotopic (exact) mass is 780 g/mol. The van der Waals surface area contributed by atoms with Gasteiger partial charge in [0, 0.05) is 6.42 Å². The van der Waals surface area contributed by atoms with E-state index in [9.17, 15) is 40.7 Å². The van der Waals surface area contributed by atoms with Gasteiger partial charge in [-0.3, -0.25) is 25.8 Å². The van der Waals surface area contributed by atoms with Crippen LogP contribution in [0.15, 0.2) is 92.0 Å². The van der Waals surface area contributed by atoms with Crippen LogP contribution in [0.2, 0.25) is 0 Å². The van der Waals surface area contributed by atoms with Gasteiger partial charge in [0.15, 0.2) is 5.69 Å². The summed E-state index contributed by atoms with van der Waals surface area (Å²) in [5.74, 6) is -4.59. The van der Waals surface area contributed by atoms with E-state index in [-0.39, 0.29) is 18.6 Å². The number of halogens is 6. The highest BCUT2D eigenvalue weighted by atomic mass is 19.4. The maximum absolute atomic E-state index is 14.5. The van der Waals surface area contributed by atoms with Gasteiger partial charge in [-0.2, -0.15) is 26.3 Å². The van der Waals surface area contributed by atoms with Gasteiger partial charge in [0.1, 0.15) is 17.3 Å². The lowest BCUT2D eigenvalue weighted by Gasteiger charge is -2.33. The van der Waals surface area contributed by atoms with Gasteiger partial charge < -0.3 is 18.9 Å². The van der Waals surface area contributed by atoms with Crippen LogP contribution in [0.1, 0.15) is 67.7 Å². The molecule has 3 N–H and O–H groups in total. The van der Waals surface area contributed by atoms with Gasteiger partial charge in [0.2, 0.25) is 11.5 Å². The van der Waals surface area contributed by atoms with Crippen LogP contribution >= 0.6 is 0 Å². The number of amides is 3. The first-order valence-electron chi connectivity index (χ1n) is 16.7. The minimum atomic E-state index is -5.36. The Bertz CT molecular complexity index is 1780. The summed E-state index contributed by atoms with van der Waals surface area (Å²) in [4.78, 5) is 43.3. The third kappa shape index (κ3) is 12.6. The molecule has 2 aromatic carbocycles. The number of aromatic nitrogens is 1. The summed E-state index contributed by atoms with van der Waals surface area (Å²) in [5, 5.41) is 2.01. The van der Waals surface area contributed by atoms with E-state index in [4.69, 9.17) is 18.9 Å². The minimum Gasteiger partial charge on any atom is -0.471 e. The van der Waals surface area contributed by atoms with Crippen LogP contribution in [0.4, 0.5) is 36.8 Å². The third-order valence-corrected chi connectivity index (χ3v) is 7.54. The molecule has 3 rings (SSSR count). The Morgan fingerprint density at radius 2 is 1.44 bits per heavy atom. The Hall–Kier alpha value is -5.42. The zero-order valence-electron chi connectivity index (χ0n) is 30.5. The standard InChI is InChI=1S/C38H42F6N4O7/c1-7-15-29(52-22-25-16-11-9-12-17-25)24(3)54-32-27(37(39,40)41)21-28(45-34(51)55-35(4,5)6)30(46-32)31(49)47-48-33(50)36(20-8-2,38(42,43)44)53-23-26-18-13-10-14-19-26/h7-14,16-19,21,24,29H,1-2,15,20,22-23H2,3-6H3,(H,45,51)(H,47,49)(H,48,50)/t24-,29?,36-/m1/s1. The fourth-order valence-electron chi connectivity index (χ4n) is 4.86. The summed E-state index contributed by atoms with van der Waals surface area (Å²) in [6.45, 7) is 12.1. The number of ether oxygens (including phenoxy) is 4. The van der Waals surface area contributed by atoms with Crippen molar-refractivity contribution in [3.8, 4) is 5.88 Å². The SMILES string of the molecule is C=CCC(OCc1ccccc1)[C@@H](C)Oc1nc(C(=O)NNC(=O)[C@@](CC=C)(OCc2ccccc2)C(F)(F)F)c(NC(=O)OC(C)(C)C)cc1C(F)(F)F. The van der Waals surface area contributed by atoms with Crippen molar-refractivity contribution in [3.63, 3.8) is 0 Å². The van der Waals surface area contributed by atoms with E-state index >= 15 is 0 Å². The van der Waals surface area contributed by atoms with E-state index in [1.165, 1.54) is 58.0 Å². The molecule has 298 valence electrons. The molecule has 0 fully saturated rings. The largest absolute Gasteiger partial charge is 0.471 e. The maximum Gasteiger partial charge on any atom is 0.427 e. The summed E-state index contributed by atoms with van der Waals surface area (Å²) in [6.07, 6.45) is -12.6. The lowest BCUT2D eigenvalue weighted by molar-refractivity contribution is -0.270. The minimum absolute atomic E-state index is 0.0546. The van der Waals surface area contributed by atoms with Crippen molar-refractivity contribution in [3.05, 3.63) is 114 Å². The molecule has 3 atom stereocenters. The zero-order valence-corrected chi connectivity index (χ0v) is 30.5. The molecule has 1 unspecified atom stereocenters. The second-order valence-corrected chi connectivity index (χ2v) is 13.0. The Morgan fingerprint density at radius 3 is 1.95 bits per heavy atom. The predicted molar refractivity (Wildman–Crippen MR) is 189 cm³/mol. The van der Waals surface area contributed by atoms with Gasteiger partial charge in [-0.25, -0.2) is 9.78 Å². The Balaban J connectivity index is 2.02. The molecule has 11 nitrogen and oxygen atoms in total. The number of carbonyl (C=O) groups is 3. The van der Waals surface area contributed by atoms with Crippen molar-refractivity contribution in [1.29, 1.82) is 0 Å². The number of anilines is 1. The van der Waals surface area contributed by atoms with Crippen molar-refractivity contribution in [1.82, 2.24) is 15.8 Å². The molecular weight excluding hydrogens is 738 g/mol. The predicted octanol–water partition coefficient (Wildman–Crippen LogP) is 8.23. The molecule has 3 amide bonds. The molecule has 3 aromatic rings. The van der Waals surface area contributed by atoms with Crippen LogP contribution in [-0.2, 0) is 38.4 Å². The molecule has 0 bridgehead atoms. The van der Waals surface area contributed by atoms with Crippen molar-refractivity contribution < 1.29 is 59.7 Å². The number of hydrogen-bond donors (Lipinski definition) is 3. The molecule has 1 aromatic heterocycles. The molecule has 0 spiro atoms. The van der Waals surface area contributed by atoms with Gasteiger partial charge >= 0.3 is 18.4 Å². The lowest BCUT2D eigenvalue weighted by atomic mass is 9.97. The molecule has 0 aliphatic rings. The summed E-state index contributed by atoms with van der Waals surface area (Å²) in [7, 11) is 0. The van der Waals surface area contributed by atoms with Gasteiger partial charge in [-0.1, -0.05) is 72.8 Å². The number of hydrazine groups is 1. The molecule has 0 radical (unpaired) electrons. The lowest BCUT2D eigenvalue weighted by Crippen LogP contribution is -2.61. The third-order valence-electron chi connectivity index (χ3n) is 7.54. The van der Waals surface area contributed by atoms with E-state index in [2.05, 4.69) is 18.1 Å². The molecule has 0 saturated heterocycles. The first-order valence-corrected chi connectivity index (χ1v) is 16.7. The van der Waals surface area contributed by atoms with E-state index in [0.29, 0.717) is 6.07 Å². The highest BCUT2D eigenvalue weighted by Crippen LogP contribution is 2.40. The Kier molecular flexibility index (Phi) is 15.0. The van der Waals surface area contributed by atoms with Gasteiger partial charge in [-0.05, 0) is 51.3 Å². The first-order chi connectivity index (χ1) is 25.7.